The minimum Gasteiger partial charge on any atom is -0.507 e. The molecule has 158 valence electrons. The van der Waals surface area contributed by atoms with Gasteiger partial charge in [0.25, 0.3) is 5.56 Å². The van der Waals surface area contributed by atoms with Gasteiger partial charge in [-0.2, -0.15) is 0 Å². The molecule has 1 unspecified atom stereocenters. The minimum atomic E-state index is -1.13. The third-order valence-corrected chi connectivity index (χ3v) is 5.56. The summed E-state index contributed by atoms with van der Waals surface area (Å²) in [5.74, 6) is -1.61. The van der Waals surface area contributed by atoms with Crippen LogP contribution < -0.4 is 22.6 Å². The van der Waals surface area contributed by atoms with Gasteiger partial charge in [0, 0.05) is 19.1 Å². The average molecular weight is 440 g/mol. The van der Waals surface area contributed by atoms with Gasteiger partial charge in [0.2, 0.25) is 0 Å². The molecule has 0 spiro atoms. The van der Waals surface area contributed by atoms with Crippen LogP contribution in [0.3, 0.4) is 0 Å². The maximum atomic E-state index is 13.1. The molecule has 2 aromatic heterocycles. The lowest BCUT2D eigenvalue weighted by molar-refractivity contribution is 0.454. The fourth-order valence-corrected chi connectivity index (χ4v) is 3.92. The average Bonchev–Trinajstić information content (AvgIpc) is 2.75. The Bertz CT molecular complexity index is 1520. The van der Waals surface area contributed by atoms with Crippen LogP contribution in [0.25, 0.3) is 11.0 Å². The molecule has 0 bridgehead atoms. The number of nitrogens with zero attached hydrogens (tertiary/aromatic N) is 2. The van der Waals surface area contributed by atoms with Crippen molar-refractivity contribution in [3.8, 4) is 5.75 Å². The smallest absolute Gasteiger partial charge is 0.344 e. The molecule has 4 aromatic rings. The van der Waals surface area contributed by atoms with Gasteiger partial charge < -0.3 is 15.3 Å². The SMILES string of the molecule is Cn1c(N)c(C(c2cccc(Cl)c2)c2c(O)c3ccccc3oc2=O)c(=O)n(C)c1=O. The van der Waals surface area contributed by atoms with Crippen molar-refractivity contribution in [2.24, 2.45) is 14.1 Å². The summed E-state index contributed by atoms with van der Waals surface area (Å²) in [6.45, 7) is 0. The number of nitrogens with two attached hydrogens (primary N) is 1. The van der Waals surface area contributed by atoms with E-state index in [0.717, 1.165) is 9.13 Å². The highest BCUT2D eigenvalue weighted by molar-refractivity contribution is 6.30. The predicted molar refractivity (Wildman–Crippen MR) is 118 cm³/mol. The predicted octanol–water partition coefficient (Wildman–Crippen LogP) is 2.31. The van der Waals surface area contributed by atoms with E-state index >= 15 is 0 Å². The van der Waals surface area contributed by atoms with Gasteiger partial charge in [0.15, 0.2) is 0 Å². The lowest BCUT2D eigenvalue weighted by Gasteiger charge is -2.22. The van der Waals surface area contributed by atoms with Crippen molar-refractivity contribution in [2.45, 2.75) is 5.92 Å². The van der Waals surface area contributed by atoms with Crippen molar-refractivity contribution >= 4 is 28.4 Å². The lowest BCUT2D eigenvalue weighted by atomic mass is 9.85. The van der Waals surface area contributed by atoms with E-state index in [9.17, 15) is 19.5 Å². The van der Waals surface area contributed by atoms with Crippen LogP contribution in [0.1, 0.15) is 22.6 Å². The summed E-state index contributed by atoms with van der Waals surface area (Å²) >= 11 is 6.17. The van der Waals surface area contributed by atoms with E-state index in [0.29, 0.717) is 16.0 Å². The maximum absolute atomic E-state index is 13.1. The Morgan fingerprint density at radius 2 is 1.71 bits per heavy atom. The van der Waals surface area contributed by atoms with E-state index in [1.165, 1.54) is 14.1 Å². The summed E-state index contributed by atoms with van der Waals surface area (Å²) in [6.07, 6.45) is 0. The Balaban J connectivity index is 2.19. The molecular weight excluding hydrogens is 422 g/mol. The van der Waals surface area contributed by atoms with Crippen molar-refractivity contribution in [3.63, 3.8) is 0 Å². The van der Waals surface area contributed by atoms with Gasteiger partial charge in [-0.25, -0.2) is 9.59 Å². The number of halogens is 1. The number of anilines is 1. The van der Waals surface area contributed by atoms with Crippen LogP contribution >= 0.6 is 11.6 Å². The summed E-state index contributed by atoms with van der Waals surface area (Å²) in [5, 5.41) is 11.7. The fourth-order valence-electron chi connectivity index (χ4n) is 3.72. The highest BCUT2D eigenvalue weighted by Crippen LogP contribution is 2.39. The second-order valence-electron chi connectivity index (χ2n) is 7.14. The van der Waals surface area contributed by atoms with Crippen molar-refractivity contribution < 1.29 is 9.52 Å². The summed E-state index contributed by atoms with van der Waals surface area (Å²) in [6, 6.07) is 13.0. The Morgan fingerprint density at radius 3 is 2.42 bits per heavy atom. The van der Waals surface area contributed by atoms with E-state index in [2.05, 4.69) is 0 Å². The monoisotopic (exact) mass is 439 g/mol. The maximum Gasteiger partial charge on any atom is 0.344 e. The second kappa shape index (κ2) is 7.48. The quantitative estimate of drug-likeness (QED) is 0.472. The van der Waals surface area contributed by atoms with E-state index in [-0.39, 0.29) is 28.3 Å². The zero-order valence-corrected chi connectivity index (χ0v) is 17.4. The van der Waals surface area contributed by atoms with Crippen LogP contribution in [-0.4, -0.2) is 14.2 Å². The van der Waals surface area contributed by atoms with Gasteiger partial charge in [-0.3, -0.25) is 13.9 Å². The van der Waals surface area contributed by atoms with Gasteiger partial charge in [0.1, 0.15) is 17.2 Å². The number of aromatic hydroxyl groups is 1. The molecule has 0 fully saturated rings. The number of benzene rings is 2. The molecule has 0 saturated heterocycles. The van der Waals surface area contributed by atoms with Gasteiger partial charge in [-0.05, 0) is 29.8 Å². The van der Waals surface area contributed by atoms with Crippen molar-refractivity contribution in [2.75, 3.05) is 5.73 Å². The van der Waals surface area contributed by atoms with E-state index in [4.69, 9.17) is 21.8 Å². The summed E-state index contributed by atoms with van der Waals surface area (Å²) in [7, 11) is 2.73. The van der Waals surface area contributed by atoms with Crippen LogP contribution in [0.4, 0.5) is 5.82 Å². The van der Waals surface area contributed by atoms with Crippen LogP contribution in [0.2, 0.25) is 5.02 Å². The third kappa shape index (κ3) is 3.21. The molecule has 2 aromatic carbocycles. The first kappa shape index (κ1) is 20.5. The minimum absolute atomic E-state index is 0.0512. The van der Waals surface area contributed by atoms with Crippen molar-refractivity contribution in [1.29, 1.82) is 0 Å². The van der Waals surface area contributed by atoms with Crippen LogP contribution in [0.5, 0.6) is 5.75 Å². The Morgan fingerprint density at radius 1 is 1.00 bits per heavy atom. The number of aromatic nitrogens is 2. The summed E-state index contributed by atoms with van der Waals surface area (Å²) < 4.78 is 7.42. The normalized spacial score (nSPS) is 12.2. The molecule has 0 saturated carbocycles. The Labute approximate surface area is 180 Å². The standard InChI is InChI=1S/C22H18ClN3O5/c1-25-19(24)17(20(28)26(2)22(25)30)15(11-6-5-7-12(23)10-11)16-18(27)13-8-3-4-9-14(13)31-21(16)29/h3-10,15,27H,24H2,1-2H3. The van der Waals surface area contributed by atoms with E-state index in [1.54, 1.807) is 48.5 Å². The molecule has 1 atom stereocenters. The van der Waals surface area contributed by atoms with Crippen LogP contribution in [0.15, 0.2) is 67.3 Å². The number of rotatable bonds is 3. The number of para-hydroxylation sites is 1. The Kier molecular flexibility index (Phi) is 4.94. The summed E-state index contributed by atoms with van der Waals surface area (Å²) in [4.78, 5) is 38.5. The highest BCUT2D eigenvalue weighted by Gasteiger charge is 2.32. The molecule has 8 nitrogen and oxygen atoms in total. The number of hydrogen-bond acceptors (Lipinski definition) is 6. The molecular formula is C22H18ClN3O5. The first-order valence-electron chi connectivity index (χ1n) is 9.28. The van der Waals surface area contributed by atoms with Gasteiger partial charge in [-0.1, -0.05) is 35.9 Å². The molecule has 0 aliphatic carbocycles. The molecule has 4 rings (SSSR count). The van der Waals surface area contributed by atoms with Crippen LogP contribution in [0, 0.1) is 0 Å². The van der Waals surface area contributed by atoms with Gasteiger partial charge in [0.05, 0.1) is 22.4 Å². The zero-order valence-electron chi connectivity index (χ0n) is 16.6. The second-order valence-corrected chi connectivity index (χ2v) is 7.58. The topological polar surface area (TPSA) is 120 Å². The number of nitrogen functional groups attached to an aromatic ring is 1. The van der Waals surface area contributed by atoms with E-state index in [1.807, 2.05) is 0 Å². The fraction of sp³-hybridized carbons (Fsp3) is 0.136. The number of fused-ring (bicyclic) bond motifs is 1. The molecule has 0 aliphatic heterocycles. The van der Waals surface area contributed by atoms with Gasteiger partial charge >= 0.3 is 11.3 Å². The van der Waals surface area contributed by atoms with Crippen molar-refractivity contribution in [3.05, 3.63) is 102 Å². The molecule has 0 radical (unpaired) electrons. The Hall–Kier alpha value is -3.78. The van der Waals surface area contributed by atoms with Crippen molar-refractivity contribution in [1.82, 2.24) is 9.13 Å². The first-order chi connectivity index (χ1) is 14.7. The zero-order chi connectivity index (χ0) is 22.4. The van der Waals surface area contributed by atoms with Crippen LogP contribution in [-0.2, 0) is 14.1 Å². The number of hydrogen-bond donors (Lipinski definition) is 2. The molecule has 0 aliphatic rings. The third-order valence-electron chi connectivity index (χ3n) is 5.33. The molecule has 2 heterocycles. The lowest BCUT2D eigenvalue weighted by Crippen LogP contribution is -2.41. The molecule has 3 N–H and O–H groups in total. The molecule has 31 heavy (non-hydrogen) atoms. The first-order valence-corrected chi connectivity index (χ1v) is 9.65. The molecule has 9 heteroatoms. The summed E-state index contributed by atoms with van der Waals surface area (Å²) in [5.41, 5.74) is 4.42. The highest BCUT2D eigenvalue weighted by atomic mass is 35.5. The van der Waals surface area contributed by atoms with Gasteiger partial charge in [-0.15, -0.1) is 0 Å². The largest absolute Gasteiger partial charge is 0.507 e. The molecule has 0 amide bonds. The van der Waals surface area contributed by atoms with E-state index < -0.39 is 22.8 Å².